The van der Waals surface area contributed by atoms with Gasteiger partial charge in [-0.1, -0.05) is 49.7 Å². The molecule has 1 unspecified atom stereocenters. The van der Waals surface area contributed by atoms with E-state index in [0.717, 1.165) is 16.8 Å². The van der Waals surface area contributed by atoms with Crippen molar-refractivity contribution in [2.75, 3.05) is 13.6 Å². The molecule has 29 heavy (non-hydrogen) atoms. The maximum Gasteiger partial charge on any atom is 0.317 e. The molecule has 6 nitrogen and oxygen atoms in total. The Bertz CT molecular complexity index is 954. The van der Waals surface area contributed by atoms with Crippen molar-refractivity contribution in [2.45, 2.75) is 32.2 Å². The first-order valence-corrected chi connectivity index (χ1v) is 9.87. The average molecular weight is 412 g/mol. The Balaban J connectivity index is 1.62. The lowest BCUT2D eigenvalue weighted by Gasteiger charge is -2.30. The van der Waals surface area contributed by atoms with Gasteiger partial charge in [0.2, 0.25) is 0 Å². The first kappa shape index (κ1) is 20.9. The fourth-order valence-corrected chi connectivity index (χ4v) is 3.27. The summed E-state index contributed by atoms with van der Waals surface area (Å²) < 4.78 is 1.70. The second-order valence-electron chi connectivity index (χ2n) is 7.77. The highest BCUT2D eigenvalue weighted by Gasteiger charge is 2.24. The topological polar surface area (TPSA) is 63.1 Å². The number of aromatic nitrogens is 3. The van der Waals surface area contributed by atoms with Gasteiger partial charge in [0.1, 0.15) is 12.7 Å². The van der Waals surface area contributed by atoms with Crippen molar-refractivity contribution in [2.24, 2.45) is 0 Å². The number of halogens is 1. The van der Waals surface area contributed by atoms with Crippen molar-refractivity contribution < 1.29 is 4.79 Å². The summed E-state index contributed by atoms with van der Waals surface area (Å²) >= 11 is 6.11. The first-order valence-electron chi connectivity index (χ1n) is 9.49. The van der Waals surface area contributed by atoms with E-state index in [2.05, 4.69) is 29.2 Å². The Morgan fingerprint density at radius 1 is 1.24 bits per heavy atom. The van der Waals surface area contributed by atoms with Crippen LogP contribution in [0.3, 0.4) is 0 Å². The van der Waals surface area contributed by atoms with Crippen LogP contribution in [0.25, 0.3) is 5.69 Å². The van der Waals surface area contributed by atoms with E-state index in [1.165, 1.54) is 6.33 Å². The molecule has 2 amide bonds. The lowest BCUT2D eigenvalue weighted by Crippen LogP contribution is -2.44. The molecule has 0 saturated carbocycles. The minimum atomic E-state index is -0.232. The fourth-order valence-electron chi connectivity index (χ4n) is 3.08. The molecule has 3 rings (SSSR count). The summed E-state index contributed by atoms with van der Waals surface area (Å²) in [5, 5.41) is 7.87. The van der Waals surface area contributed by atoms with Gasteiger partial charge in [0, 0.05) is 24.0 Å². The van der Waals surface area contributed by atoms with Crippen LogP contribution >= 0.6 is 11.6 Å². The SMILES string of the molecule is CC(c1ccc(-n2cncn2)cc1)N(C)C(=O)NCC(C)(C)c1cccc(Cl)c1. The van der Waals surface area contributed by atoms with E-state index >= 15 is 0 Å². The maximum absolute atomic E-state index is 12.7. The number of amides is 2. The number of hydrogen-bond acceptors (Lipinski definition) is 3. The normalized spacial score (nSPS) is 12.4. The Hall–Kier alpha value is -2.86. The zero-order valence-electron chi connectivity index (χ0n) is 17.1. The predicted octanol–water partition coefficient (Wildman–Crippen LogP) is 4.60. The van der Waals surface area contributed by atoms with Gasteiger partial charge in [-0.05, 0) is 42.3 Å². The third-order valence-corrected chi connectivity index (χ3v) is 5.48. The van der Waals surface area contributed by atoms with Gasteiger partial charge < -0.3 is 10.2 Å². The Morgan fingerprint density at radius 3 is 2.59 bits per heavy atom. The smallest absolute Gasteiger partial charge is 0.317 e. The molecule has 0 spiro atoms. The zero-order valence-corrected chi connectivity index (χ0v) is 17.9. The fraction of sp³-hybridized carbons (Fsp3) is 0.318. The number of nitrogens with one attached hydrogen (secondary N) is 1. The number of benzene rings is 2. The monoisotopic (exact) mass is 411 g/mol. The van der Waals surface area contributed by atoms with Gasteiger partial charge in [0.15, 0.2) is 0 Å². The molecule has 2 aromatic carbocycles. The Labute approximate surface area is 176 Å². The van der Waals surface area contributed by atoms with E-state index < -0.39 is 0 Å². The second kappa shape index (κ2) is 8.66. The first-order chi connectivity index (χ1) is 13.8. The van der Waals surface area contributed by atoms with E-state index in [9.17, 15) is 4.79 Å². The Morgan fingerprint density at radius 2 is 1.97 bits per heavy atom. The molecule has 0 saturated heterocycles. The second-order valence-corrected chi connectivity index (χ2v) is 8.21. The van der Waals surface area contributed by atoms with Crippen molar-refractivity contribution in [3.05, 3.63) is 77.3 Å². The lowest BCUT2D eigenvalue weighted by molar-refractivity contribution is 0.192. The summed E-state index contributed by atoms with van der Waals surface area (Å²) in [7, 11) is 1.80. The van der Waals surface area contributed by atoms with Gasteiger partial charge in [-0.25, -0.2) is 14.5 Å². The van der Waals surface area contributed by atoms with Crippen LogP contribution in [-0.4, -0.2) is 39.3 Å². The van der Waals surface area contributed by atoms with Crippen molar-refractivity contribution >= 4 is 17.6 Å². The third-order valence-electron chi connectivity index (χ3n) is 5.25. The van der Waals surface area contributed by atoms with Gasteiger partial charge >= 0.3 is 6.03 Å². The molecular formula is C22H26ClN5O. The lowest BCUT2D eigenvalue weighted by atomic mass is 9.84. The van der Waals surface area contributed by atoms with Crippen molar-refractivity contribution in [1.82, 2.24) is 25.0 Å². The van der Waals surface area contributed by atoms with Gasteiger partial charge in [-0.3, -0.25) is 0 Å². The number of nitrogens with zero attached hydrogens (tertiary/aromatic N) is 4. The Kier molecular flexibility index (Phi) is 6.23. The third kappa shape index (κ3) is 4.95. The summed E-state index contributed by atoms with van der Waals surface area (Å²) in [6.07, 6.45) is 3.15. The van der Waals surface area contributed by atoms with Crippen LogP contribution in [0.1, 0.15) is 37.9 Å². The van der Waals surface area contributed by atoms with Gasteiger partial charge in [0.25, 0.3) is 0 Å². The molecule has 0 aliphatic heterocycles. The van der Waals surface area contributed by atoms with Crippen molar-refractivity contribution in [3.8, 4) is 5.69 Å². The van der Waals surface area contributed by atoms with Gasteiger partial charge in [-0.15, -0.1) is 0 Å². The molecule has 1 aromatic heterocycles. The number of carbonyl (C=O) groups excluding carboxylic acids is 1. The van der Waals surface area contributed by atoms with E-state index in [4.69, 9.17) is 11.6 Å². The molecule has 7 heteroatoms. The van der Waals surface area contributed by atoms with Gasteiger partial charge in [-0.2, -0.15) is 5.10 Å². The average Bonchev–Trinajstić information content (AvgIpc) is 3.26. The predicted molar refractivity (Wildman–Crippen MR) is 115 cm³/mol. The highest BCUT2D eigenvalue weighted by atomic mass is 35.5. The minimum Gasteiger partial charge on any atom is -0.337 e. The quantitative estimate of drug-likeness (QED) is 0.644. The van der Waals surface area contributed by atoms with E-state index in [1.807, 2.05) is 55.5 Å². The molecule has 1 atom stereocenters. The van der Waals surface area contributed by atoms with Gasteiger partial charge in [0.05, 0.1) is 11.7 Å². The highest BCUT2D eigenvalue weighted by molar-refractivity contribution is 6.30. The van der Waals surface area contributed by atoms with E-state index in [1.54, 1.807) is 23.0 Å². The molecule has 0 bridgehead atoms. The van der Waals surface area contributed by atoms with E-state index in [0.29, 0.717) is 11.6 Å². The standard InChI is InChI=1S/C22H26ClN5O/c1-16(17-8-10-20(11-9-17)28-15-24-14-26-28)27(4)21(29)25-13-22(2,3)18-6-5-7-19(23)12-18/h5-12,14-16H,13H2,1-4H3,(H,25,29). The van der Waals surface area contributed by atoms with Crippen LogP contribution in [0, 0.1) is 0 Å². The van der Waals surface area contributed by atoms with Crippen molar-refractivity contribution in [1.29, 1.82) is 0 Å². The van der Waals surface area contributed by atoms with Crippen LogP contribution in [-0.2, 0) is 5.41 Å². The molecule has 0 aliphatic rings. The number of rotatable bonds is 6. The summed E-state index contributed by atoms with van der Waals surface area (Å²) in [5.74, 6) is 0. The summed E-state index contributed by atoms with van der Waals surface area (Å²) in [5.41, 5.74) is 2.82. The molecule has 1 heterocycles. The van der Waals surface area contributed by atoms with Crippen LogP contribution in [0.15, 0.2) is 61.2 Å². The molecule has 3 aromatic rings. The molecule has 1 N–H and O–H groups in total. The van der Waals surface area contributed by atoms with E-state index in [-0.39, 0.29) is 17.5 Å². The maximum atomic E-state index is 12.7. The molecular weight excluding hydrogens is 386 g/mol. The minimum absolute atomic E-state index is 0.0749. The zero-order chi connectivity index (χ0) is 21.0. The number of hydrogen-bond donors (Lipinski definition) is 1. The number of urea groups is 1. The summed E-state index contributed by atoms with van der Waals surface area (Å²) in [4.78, 5) is 18.4. The molecule has 152 valence electrons. The molecule has 0 aliphatic carbocycles. The van der Waals surface area contributed by atoms with Crippen LogP contribution < -0.4 is 5.32 Å². The largest absolute Gasteiger partial charge is 0.337 e. The highest BCUT2D eigenvalue weighted by Crippen LogP contribution is 2.25. The van der Waals surface area contributed by atoms with Crippen LogP contribution in [0.5, 0.6) is 0 Å². The van der Waals surface area contributed by atoms with Crippen LogP contribution in [0.4, 0.5) is 4.79 Å². The molecule has 0 fully saturated rings. The van der Waals surface area contributed by atoms with Crippen molar-refractivity contribution in [3.63, 3.8) is 0 Å². The summed E-state index contributed by atoms with van der Waals surface area (Å²) in [6.45, 7) is 6.69. The molecule has 0 radical (unpaired) electrons. The van der Waals surface area contributed by atoms with Crippen LogP contribution in [0.2, 0.25) is 5.02 Å². The number of carbonyl (C=O) groups is 1. The summed E-state index contributed by atoms with van der Waals surface area (Å²) in [6, 6.07) is 15.5.